The van der Waals surface area contributed by atoms with Crippen molar-refractivity contribution >= 4 is 65.6 Å². The molecule has 0 N–H and O–H groups in total. The average molecular weight is 653 g/mol. The lowest BCUT2D eigenvalue weighted by Gasteiger charge is -2.10. The SMILES string of the molecule is c1ccc(-c2ccc(-n3c4ccccc4c4ccc(-c5nc6c(o5)c(-c5ccc7ccccc7c5)cc5oc7ccccc7c56)cc43)cc2)cc1. The molecule has 0 saturated heterocycles. The normalized spacial score (nSPS) is 11.9. The zero-order valence-corrected chi connectivity index (χ0v) is 27.4. The molecular formula is C47H28N2O2. The van der Waals surface area contributed by atoms with Crippen LogP contribution in [0.15, 0.2) is 179 Å². The van der Waals surface area contributed by atoms with Gasteiger partial charge in [0.15, 0.2) is 5.58 Å². The summed E-state index contributed by atoms with van der Waals surface area (Å²) in [4.78, 5) is 5.25. The quantitative estimate of drug-likeness (QED) is 0.190. The maximum absolute atomic E-state index is 6.85. The summed E-state index contributed by atoms with van der Waals surface area (Å²) in [6, 6.07) is 59.7. The molecule has 0 aliphatic rings. The standard InChI is InChI=1S/C47H28N2O2/c1-2-10-29(11-3-1)31-20-23-35(24-21-31)49-40-16-8-6-14-36(40)37-25-22-34(27-41(37)49)47-48-45-44-38-15-7-9-17-42(38)50-43(44)28-39(46(45)51-47)33-19-18-30-12-4-5-13-32(30)26-33/h1-28H. The molecule has 0 radical (unpaired) electrons. The van der Waals surface area contributed by atoms with Crippen LogP contribution in [0.2, 0.25) is 0 Å². The first kappa shape index (κ1) is 28.0. The molecule has 3 heterocycles. The van der Waals surface area contributed by atoms with Crippen molar-refractivity contribution in [2.24, 2.45) is 0 Å². The van der Waals surface area contributed by atoms with Gasteiger partial charge in [-0.15, -0.1) is 0 Å². The van der Waals surface area contributed by atoms with Gasteiger partial charge in [-0.1, -0.05) is 121 Å². The zero-order valence-electron chi connectivity index (χ0n) is 27.4. The summed E-state index contributed by atoms with van der Waals surface area (Å²) in [5.41, 5.74) is 11.8. The van der Waals surface area contributed by atoms with E-state index in [-0.39, 0.29) is 0 Å². The summed E-state index contributed by atoms with van der Waals surface area (Å²) in [5.74, 6) is 0.572. The Morgan fingerprint density at radius 3 is 2.00 bits per heavy atom. The summed E-state index contributed by atoms with van der Waals surface area (Å²) < 4.78 is 15.6. The van der Waals surface area contributed by atoms with Gasteiger partial charge in [-0.05, 0) is 76.0 Å². The Kier molecular flexibility index (Phi) is 5.92. The van der Waals surface area contributed by atoms with Gasteiger partial charge in [0, 0.05) is 33.0 Å². The van der Waals surface area contributed by atoms with Crippen molar-refractivity contribution in [3.63, 3.8) is 0 Å². The second-order valence-electron chi connectivity index (χ2n) is 13.2. The Bertz CT molecular complexity index is 3130. The van der Waals surface area contributed by atoms with Crippen LogP contribution in [0.4, 0.5) is 0 Å². The predicted octanol–water partition coefficient (Wildman–Crippen LogP) is 13.0. The van der Waals surface area contributed by atoms with Crippen LogP contribution in [0.5, 0.6) is 0 Å². The molecule has 0 saturated carbocycles. The van der Waals surface area contributed by atoms with Crippen LogP contribution in [-0.4, -0.2) is 9.55 Å². The van der Waals surface area contributed by atoms with Crippen molar-refractivity contribution in [2.45, 2.75) is 0 Å². The van der Waals surface area contributed by atoms with Crippen molar-refractivity contribution in [2.75, 3.05) is 0 Å². The van der Waals surface area contributed by atoms with E-state index in [2.05, 4.69) is 156 Å². The molecule has 238 valence electrons. The molecule has 8 aromatic carbocycles. The monoisotopic (exact) mass is 652 g/mol. The third kappa shape index (κ3) is 4.30. The number of hydrogen-bond donors (Lipinski definition) is 0. The Labute approximate surface area is 292 Å². The topological polar surface area (TPSA) is 44.1 Å². The lowest BCUT2D eigenvalue weighted by atomic mass is 9.99. The summed E-state index contributed by atoms with van der Waals surface area (Å²) in [6.07, 6.45) is 0. The van der Waals surface area contributed by atoms with Crippen LogP contribution in [0.25, 0.3) is 105 Å². The van der Waals surface area contributed by atoms with Gasteiger partial charge in [0.1, 0.15) is 16.7 Å². The van der Waals surface area contributed by atoms with Crippen LogP contribution >= 0.6 is 0 Å². The third-order valence-corrected chi connectivity index (χ3v) is 10.2. The number of benzene rings is 8. The number of fused-ring (bicyclic) bond motifs is 9. The van der Waals surface area contributed by atoms with Crippen LogP contribution in [0, 0.1) is 0 Å². The molecule has 0 atom stereocenters. The van der Waals surface area contributed by atoms with E-state index in [0.29, 0.717) is 5.89 Å². The largest absolute Gasteiger partial charge is 0.456 e. The van der Waals surface area contributed by atoms with Crippen LogP contribution in [0.3, 0.4) is 0 Å². The molecular weight excluding hydrogens is 625 g/mol. The summed E-state index contributed by atoms with van der Waals surface area (Å²) in [5, 5.41) is 6.74. The van der Waals surface area contributed by atoms with E-state index in [0.717, 1.165) is 66.4 Å². The zero-order chi connectivity index (χ0) is 33.5. The highest BCUT2D eigenvalue weighted by Gasteiger charge is 2.22. The molecule has 4 heteroatoms. The molecule has 3 aromatic heterocycles. The first-order chi connectivity index (χ1) is 25.3. The Balaban J connectivity index is 1.14. The van der Waals surface area contributed by atoms with Gasteiger partial charge in [-0.3, -0.25) is 0 Å². The summed E-state index contributed by atoms with van der Waals surface area (Å²) in [6.45, 7) is 0. The van der Waals surface area contributed by atoms with E-state index in [4.69, 9.17) is 13.8 Å². The first-order valence-electron chi connectivity index (χ1n) is 17.2. The molecule has 0 aliphatic carbocycles. The minimum absolute atomic E-state index is 0.572. The average Bonchev–Trinajstić information content (AvgIpc) is 3.89. The van der Waals surface area contributed by atoms with Crippen molar-refractivity contribution < 1.29 is 8.83 Å². The van der Waals surface area contributed by atoms with Gasteiger partial charge in [-0.2, -0.15) is 0 Å². The molecule has 4 nitrogen and oxygen atoms in total. The van der Waals surface area contributed by atoms with Crippen molar-refractivity contribution in [1.82, 2.24) is 9.55 Å². The summed E-state index contributed by atoms with van der Waals surface area (Å²) >= 11 is 0. The van der Waals surface area contributed by atoms with E-state index in [1.165, 1.54) is 32.7 Å². The van der Waals surface area contributed by atoms with Crippen molar-refractivity contribution in [3.8, 4) is 39.4 Å². The maximum Gasteiger partial charge on any atom is 0.227 e. The van der Waals surface area contributed by atoms with Crippen LogP contribution < -0.4 is 0 Å². The number of aromatic nitrogens is 2. The molecule has 0 fully saturated rings. The minimum Gasteiger partial charge on any atom is -0.456 e. The van der Waals surface area contributed by atoms with Gasteiger partial charge in [0.25, 0.3) is 0 Å². The number of hydrogen-bond acceptors (Lipinski definition) is 3. The lowest BCUT2D eigenvalue weighted by Crippen LogP contribution is -1.94. The molecule has 0 bridgehead atoms. The smallest absolute Gasteiger partial charge is 0.227 e. The van der Waals surface area contributed by atoms with Crippen molar-refractivity contribution in [1.29, 1.82) is 0 Å². The van der Waals surface area contributed by atoms with Gasteiger partial charge >= 0.3 is 0 Å². The number of oxazole rings is 1. The Morgan fingerprint density at radius 1 is 0.431 bits per heavy atom. The number of para-hydroxylation sites is 2. The molecule has 11 aromatic rings. The van der Waals surface area contributed by atoms with E-state index in [1.54, 1.807) is 0 Å². The van der Waals surface area contributed by atoms with Gasteiger partial charge in [0.05, 0.1) is 16.4 Å². The predicted molar refractivity (Wildman–Crippen MR) is 209 cm³/mol. The van der Waals surface area contributed by atoms with E-state index < -0.39 is 0 Å². The first-order valence-corrected chi connectivity index (χ1v) is 17.2. The highest BCUT2D eigenvalue weighted by Crippen LogP contribution is 2.43. The fourth-order valence-electron chi connectivity index (χ4n) is 7.79. The summed E-state index contributed by atoms with van der Waals surface area (Å²) in [7, 11) is 0. The van der Waals surface area contributed by atoms with E-state index >= 15 is 0 Å². The second kappa shape index (κ2) is 10.8. The highest BCUT2D eigenvalue weighted by atomic mass is 16.4. The van der Waals surface area contributed by atoms with E-state index in [9.17, 15) is 0 Å². The Hall–Kier alpha value is -6.91. The lowest BCUT2D eigenvalue weighted by molar-refractivity contribution is 0.620. The highest BCUT2D eigenvalue weighted by molar-refractivity contribution is 6.20. The molecule has 0 amide bonds. The fourth-order valence-corrected chi connectivity index (χ4v) is 7.79. The molecule has 0 spiro atoms. The number of rotatable bonds is 4. The van der Waals surface area contributed by atoms with Crippen LogP contribution in [0.1, 0.15) is 0 Å². The van der Waals surface area contributed by atoms with E-state index in [1.807, 2.05) is 18.2 Å². The molecule has 0 unspecified atom stereocenters. The second-order valence-corrected chi connectivity index (χ2v) is 13.2. The number of furan rings is 1. The van der Waals surface area contributed by atoms with Gasteiger partial charge in [-0.25, -0.2) is 4.98 Å². The molecule has 51 heavy (non-hydrogen) atoms. The van der Waals surface area contributed by atoms with Crippen LogP contribution in [-0.2, 0) is 0 Å². The van der Waals surface area contributed by atoms with Crippen molar-refractivity contribution in [3.05, 3.63) is 170 Å². The fraction of sp³-hybridized carbons (Fsp3) is 0. The maximum atomic E-state index is 6.85. The molecule has 0 aliphatic heterocycles. The van der Waals surface area contributed by atoms with Gasteiger partial charge < -0.3 is 13.4 Å². The minimum atomic E-state index is 0.572. The third-order valence-electron chi connectivity index (χ3n) is 10.2. The number of nitrogens with zero attached hydrogens (tertiary/aromatic N) is 2. The molecule has 11 rings (SSSR count). The van der Waals surface area contributed by atoms with Gasteiger partial charge in [0.2, 0.25) is 5.89 Å². The Morgan fingerprint density at radius 2 is 1.12 bits per heavy atom.